The molecule has 0 radical (unpaired) electrons. The van der Waals surface area contributed by atoms with E-state index in [1.807, 2.05) is 0 Å². The van der Waals surface area contributed by atoms with Crippen LogP contribution in [0.3, 0.4) is 0 Å². The minimum Gasteiger partial charge on any atom is -0.507 e. The van der Waals surface area contributed by atoms with Crippen molar-refractivity contribution >= 4 is 23.0 Å². The highest BCUT2D eigenvalue weighted by Crippen LogP contribution is 2.18. The summed E-state index contributed by atoms with van der Waals surface area (Å²) >= 11 is 5.14. The SMILES string of the molecule is C/C(=N\NC(=S)NCCN1CCOCC1)c1cc(F)ccc1O. The zero-order valence-corrected chi connectivity index (χ0v) is 13.8. The molecule has 126 valence electrons. The van der Waals surface area contributed by atoms with Crippen molar-refractivity contribution in [1.82, 2.24) is 15.6 Å². The van der Waals surface area contributed by atoms with Gasteiger partial charge in [0.25, 0.3) is 0 Å². The molecule has 0 spiro atoms. The first kappa shape index (κ1) is 17.6. The second-order valence-corrected chi connectivity index (χ2v) is 5.59. The van der Waals surface area contributed by atoms with Crippen LogP contribution in [0.15, 0.2) is 23.3 Å². The third-order valence-corrected chi connectivity index (χ3v) is 3.73. The summed E-state index contributed by atoms with van der Waals surface area (Å²) in [6, 6.07) is 3.71. The summed E-state index contributed by atoms with van der Waals surface area (Å²) < 4.78 is 18.5. The normalized spacial score (nSPS) is 16.2. The van der Waals surface area contributed by atoms with E-state index in [-0.39, 0.29) is 5.75 Å². The van der Waals surface area contributed by atoms with Gasteiger partial charge in [0, 0.05) is 31.7 Å². The lowest BCUT2D eigenvalue weighted by Crippen LogP contribution is -2.42. The Morgan fingerprint density at radius 3 is 2.91 bits per heavy atom. The van der Waals surface area contributed by atoms with Gasteiger partial charge in [-0.15, -0.1) is 0 Å². The average molecular weight is 340 g/mol. The summed E-state index contributed by atoms with van der Waals surface area (Å²) in [7, 11) is 0. The van der Waals surface area contributed by atoms with E-state index < -0.39 is 5.82 Å². The molecule has 1 aliphatic heterocycles. The summed E-state index contributed by atoms with van der Waals surface area (Å²) in [6.07, 6.45) is 0. The van der Waals surface area contributed by atoms with Crippen molar-refractivity contribution < 1.29 is 14.2 Å². The van der Waals surface area contributed by atoms with Crippen molar-refractivity contribution in [2.24, 2.45) is 5.10 Å². The summed E-state index contributed by atoms with van der Waals surface area (Å²) in [4.78, 5) is 2.29. The van der Waals surface area contributed by atoms with E-state index in [1.54, 1.807) is 6.92 Å². The number of hydrogen-bond donors (Lipinski definition) is 3. The van der Waals surface area contributed by atoms with Crippen molar-refractivity contribution in [1.29, 1.82) is 0 Å². The molecule has 3 N–H and O–H groups in total. The second-order valence-electron chi connectivity index (χ2n) is 5.18. The average Bonchev–Trinajstić information content (AvgIpc) is 2.56. The molecule has 23 heavy (non-hydrogen) atoms. The summed E-state index contributed by atoms with van der Waals surface area (Å²) in [5.74, 6) is -0.459. The third kappa shape index (κ3) is 5.74. The highest BCUT2D eigenvalue weighted by Gasteiger charge is 2.09. The minimum atomic E-state index is -0.432. The number of rotatable bonds is 5. The van der Waals surface area contributed by atoms with Crippen LogP contribution in [0.5, 0.6) is 5.75 Å². The van der Waals surface area contributed by atoms with E-state index in [1.165, 1.54) is 18.2 Å². The van der Waals surface area contributed by atoms with Crippen LogP contribution in [0.2, 0.25) is 0 Å². The van der Waals surface area contributed by atoms with E-state index >= 15 is 0 Å². The first-order chi connectivity index (χ1) is 11.1. The topological polar surface area (TPSA) is 69.1 Å². The number of phenols is 1. The van der Waals surface area contributed by atoms with Gasteiger partial charge in [0.2, 0.25) is 0 Å². The Balaban J connectivity index is 1.77. The van der Waals surface area contributed by atoms with Crippen molar-refractivity contribution in [3.63, 3.8) is 0 Å². The number of morpholine rings is 1. The van der Waals surface area contributed by atoms with Crippen LogP contribution in [0, 0.1) is 5.82 Å². The first-order valence-corrected chi connectivity index (χ1v) is 7.84. The van der Waals surface area contributed by atoms with Crippen LogP contribution in [0.25, 0.3) is 0 Å². The lowest BCUT2D eigenvalue weighted by atomic mass is 10.1. The van der Waals surface area contributed by atoms with Gasteiger partial charge in [0.05, 0.1) is 18.9 Å². The van der Waals surface area contributed by atoms with Crippen molar-refractivity contribution in [2.75, 3.05) is 39.4 Å². The van der Waals surface area contributed by atoms with E-state index in [4.69, 9.17) is 17.0 Å². The van der Waals surface area contributed by atoms with Gasteiger partial charge in [0.1, 0.15) is 11.6 Å². The molecule has 0 aromatic heterocycles. The molecule has 0 amide bonds. The highest BCUT2D eigenvalue weighted by molar-refractivity contribution is 7.80. The molecule has 6 nitrogen and oxygen atoms in total. The number of nitrogens with zero attached hydrogens (tertiary/aromatic N) is 2. The molecule has 0 saturated carbocycles. The Morgan fingerprint density at radius 2 is 2.17 bits per heavy atom. The number of ether oxygens (including phenoxy) is 1. The number of thiocarbonyl (C=S) groups is 1. The van der Waals surface area contributed by atoms with Gasteiger partial charge >= 0.3 is 0 Å². The quantitative estimate of drug-likeness (QED) is 0.423. The molecule has 0 unspecified atom stereocenters. The largest absolute Gasteiger partial charge is 0.507 e. The van der Waals surface area contributed by atoms with Gasteiger partial charge in [-0.1, -0.05) is 0 Å². The molecular formula is C15H21FN4O2S. The van der Waals surface area contributed by atoms with E-state index in [0.29, 0.717) is 22.9 Å². The van der Waals surface area contributed by atoms with E-state index in [2.05, 4.69) is 20.7 Å². The molecule has 1 aromatic carbocycles. The maximum absolute atomic E-state index is 13.2. The lowest BCUT2D eigenvalue weighted by molar-refractivity contribution is 0.0389. The van der Waals surface area contributed by atoms with Crippen LogP contribution in [-0.4, -0.2) is 60.2 Å². The van der Waals surface area contributed by atoms with Gasteiger partial charge in [-0.05, 0) is 37.3 Å². The zero-order valence-electron chi connectivity index (χ0n) is 13.0. The zero-order chi connectivity index (χ0) is 16.7. The fraction of sp³-hybridized carbons (Fsp3) is 0.467. The summed E-state index contributed by atoms with van der Waals surface area (Å²) in [5, 5.41) is 17.2. The Kier molecular flexibility index (Phi) is 6.69. The van der Waals surface area contributed by atoms with Crippen LogP contribution in [0.1, 0.15) is 12.5 Å². The van der Waals surface area contributed by atoms with E-state index in [9.17, 15) is 9.50 Å². The van der Waals surface area contributed by atoms with Crippen molar-refractivity contribution in [3.05, 3.63) is 29.6 Å². The van der Waals surface area contributed by atoms with E-state index in [0.717, 1.165) is 32.8 Å². The number of nitrogens with one attached hydrogen (secondary N) is 2. The molecule has 8 heteroatoms. The first-order valence-electron chi connectivity index (χ1n) is 7.43. The van der Waals surface area contributed by atoms with Crippen LogP contribution < -0.4 is 10.7 Å². The number of hydrogen-bond acceptors (Lipinski definition) is 5. The van der Waals surface area contributed by atoms with Crippen LogP contribution in [0.4, 0.5) is 4.39 Å². The Morgan fingerprint density at radius 1 is 1.43 bits per heavy atom. The number of benzene rings is 1. The maximum Gasteiger partial charge on any atom is 0.187 e. The predicted octanol–water partition coefficient (Wildman–Crippen LogP) is 1.05. The van der Waals surface area contributed by atoms with Gasteiger partial charge in [-0.3, -0.25) is 10.3 Å². The molecule has 0 bridgehead atoms. The minimum absolute atomic E-state index is 0.0272. The Bertz CT molecular complexity index is 577. The smallest absolute Gasteiger partial charge is 0.187 e. The maximum atomic E-state index is 13.2. The fourth-order valence-corrected chi connectivity index (χ4v) is 2.33. The Hall–Kier alpha value is -1.77. The predicted molar refractivity (Wildman–Crippen MR) is 91.3 cm³/mol. The van der Waals surface area contributed by atoms with Gasteiger partial charge < -0.3 is 15.2 Å². The van der Waals surface area contributed by atoms with Crippen molar-refractivity contribution in [3.8, 4) is 5.75 Å². The number of aromatic hydroxyl groups is 1. The fourth-order valence-electron chi connectivity index (χ4n) is 2.18. The third-order valence-electron chi connectivity index (χ3n) is 3.49. The number of hydrazone groups is 1. The summed E-state index contributed by atoms with van der Waals surface area (Å²) in [5.41, 5.74) is 3.47. The lowest BCUT2D eigenvalue weighted by Gasteiger charge is -2.26. The van der Waals surface area contributed by atoms with Crippen LogP contribution >= 0.6 is 12.2 Å². The number of halogens is 1. The standard InChI is InChI=1S/C15H21FN4O2S/c1-11(13-10-12(16)2-3-14(13)21)18-19-15(23)17-4-5-20-6-8-22-9-7-20/h2-3,10,21H,4-9H2,1H3,(H2,17,19,23)/b18-11+. The molecule has 1 aromatic rings. The van der Waals surface area contributed by atoms with Gasteiger partial charge in [0.15, 0.2) is 5.11 Å². The molecule has 1 heterocycles. The molecule has 0 atom stereocenters. The molecule has 1 saturated heterocycles. The Labute approximate surface area is 140 Å². The molecule has 1 aliphatic rings. The van der Waals surface area contributed by atoms with Gasteiger partial charge in [-0.2, -0.15) is 5.10 Å². The number of phenolic OH excluding ortho intramolecular Hbond substituents is 1. The molecule has 0 aliphatic carbocycles. The van der Waals surface area contributed by atoms with Gasteiger partial charge in [-0.25, -0.2) is 4.39 Å². The van der Waals surface area contributed by atoms with Crippen molar-refractivity contribution in [2.45, 2.75) is 6.92 Å². The monoisotopic (exact) mass is 340 g/mol. The van der Waals surface area contributed by atoms with Crippen LogP contribution in [-0.2, 0) is 4.74 Å². The second kappa shape index (κ2) is 8.76. The molecule has 1 fully saturated rings. The molecular weight excluding hydrogens is 319 g/mol. The molecule has 2 rings (SSSR count). The summed E-state index contributed by atoms with van der Waals surface area (Å²) in [6.45, 7) is 6.63. The highest BCUT2D eigenvalue weighted by atomic mass is 32.1.